The number of rotatable bonds is 4. The van der Waals surface area contributed by atoms with Gasteiger partial charge in [-0.2, -0.15) is 26.3 Å². The summed E-state index contributed by atoms with van der Waals surface area (Å²) < 4.78 is 78.3. The highest BCUT2D eigenvalue weighted by Crippen LogP contribution is 2.38. The fraction of sp³-hybridized carbons (Fsp3) is 0.364. The van der Waals surface area contributed by atoms with Crippen LogP contribution in [0.15, 0.2) is 42.5 Å². The van der Waals surface area contributed by atoms with Gasteiger partial charge in [-0.25, -0.2) is 0 Å². The number of hydrogen-bond acceptors (Lipinski definition) is 0. The molecule has 2 aromatic rings. The summed E-state index contributed by atoms with van der Waals surface area (Å²) in [5, 5.41) is 0. The van der Waals surface area contributed by atoms with E-state index in [4.69, 9.17) is 0 Å². The van der Waals surface area contributed by atoms with Crippen molar-refractivity contribution in [3.8, 4) is 11.8 Å². The van der Waals surface area contributed by atoms with Gasteiger partial charge in [-0.15, -0.1) is 0 Å². The summed E-state index contributed by atoms with van der Waals surface area (Å²) in [6.07, 6.45) is -6.89. The van der Waals surface area contributed by atoms with E-state index in [1.807, 2.05) is 0 Å². The molecular formula is C22H20F6. The van der Waals surface area contributed by atoms with Crippen LogP contribution < -0.4 is 0 Å². The predicted molar refractivity (Wildman–Crippen MR) is 96.8 cm³/mol. The summed E-state index contributed by atoms with van der Waals surface area (Å²) >= 11 is 0. The van der Waals surface area contributed by atoms with E-state index in [1.165, 1.54) is 0 Å². The van der Waals surface area contributed by atoms with Crippen molar-refractivity contribution < 1.29 is 26.3 Å². The summed E-state index contributed by atoms with van der Waals surface area (Å²) in [7, 11) is 0. The number of hydrogen-bond donors (Lipinski definition) is 0. The van der Waals surface area contributed by atoms with Crippen molar-refractivity contribution in [3.05, 3.63) is 70.3 Å². The van der Waals surface area contributed by atoms with Crippen molar-refractivity contribution in [1.82, 2.24) is 0 Å². The molecule has 0 aliphatic heterocycles. The summed E-state index contributed by atoms with van der Waals surface area (Å²) in [5.41, 5.74) is -1.27. The van der Waals surface area contributed by atoms with Crippen molar-refractivity contribution in [2.24, 2.45) is 0 Å². The first kappa shape index (κ1) is 21.9. The summed E-state index contributed by atoms with van der Waals surface area (Å²) in [6, 6.07) is 8.51. The Kier molecular flexibility index (Phi) is 6.82. The molecule has 6 heteroatoms. The molecule has 1 atom stereocenters. The number of benzene rings is 2. The smallest absolute Gasteiger partial charge is 0.166 e. The maximum Gasteiger partial charge on any atom is 0.416 e. The second-order valence-electron chi connectivity index (χ2n) is 6.59. The fourth-order valence-electron chi connectivity index (χ4n) is 2.71. The van der Waals surface area contributed by atoms with E-state index in [1.54, 1.807) is 31.2 Å². The Morgan fingerprint density at radius 3 is 1.82 bits per heavy atom. The van der Waals surface area contributed by atoms with Gasteiger partial charge in [-0.1, -0.05) is 44.2 Å². The average Bonchev–Trinajstić information content (AvgIpc) is 2.63. The zero-order valence-electron chi connectivity index (χ0n) is 15.5. The minimum Gasteiger partial charge on any atom is -0.166 e. The Balaban J connectivity index is 2.34. The Hall–Kier alpha value is -2.42. The van der Waals surface area contributed by atoms with E-state index in [-0.39, 0.29) is 11.6 Å². The molecule has 0 unspecified atom stereocenters. The van der Waals surface area contributed by atoms with Gasteiger partial charge in [0, 0.05) is 17.9 Å². The van der Waals surface area contributed by atoms with Crippen molar-refractivity contribution in [2.75, 3.05) is 0 Å². The molecule has 0 spiro atoms. The molecule has 0 aromatic heterocycles. The number of halogens is 6. The van der Waals surface area contributed by atoms with E-state index < -0.39 is 29.4 Å². The van der Waals surface area contributed by atoms with Crippen LogP contribution in [0.25, 0.3) is 0 Å². The second-order valence-corrected chi connectivity index (χ2v) is 6.59. The first-order chi connectivity index (χ1) is 13.0. The molecule has 0 saturated carbocycles. The molecule has 0 saturated heterocycles. The van der Waals surface area contributed by atoms with Crippen LogP contribution >= 0.6 is 0 Å². The maximum atomic E-state index is 13.0. The monoisotopic (exact) mass is 398 g/mol. The largest absolute Gasteiger partial charge is 0.416 e. The van der Waals surface area contributed by atoms with Gasteiger partial charge >= 0.3 is 12.4 Å². The van der Waals surface area contributed by atoms with Crippen LogP contribution in [-0.2, 0) is 12.4 Å². The zero-order valence-corrected chi connectivity index (χ0v) is 15.5. The van der Waals surface area contributed by atoms with Gasteiger partial charge < -0.3 is 0 Å². The first-order valence-corrected chi connectivity index (χ1v) is 8.90. The summed E-state index contributed by atoms with van der Waals surface area (Å²) in [6.45, 7) is 3.65. The molecule has 0 bridgehead atoms. The highest BCUT2D eigenvalue weighted by atomic mass is 19.4. The highest BCUT2D eigenvalue weighted by molar-refractivity contribution is 5.42. The Bertz CT molecular complexity index is 816. The third-order valence-corrected chi connectivity index (χ3v) is 4.41. The predicted octanol–water partition coefficient (Wildman–Crippen LogP) is 7.42. The zero-order chi connectivity index (χ0) is 20.9. The SMILES string of the molecule is CCCCC#Cc1ccc([C@H](C)c2cc(C(F)(F)F)cc(C(F)(F)F)c2)cc1. The van der Waals surface area contributed by atoms with Crippen LogP contribution in [0.2, 0.25) is 0 Å². The van der Waals surface area contributed by atoms with Crippen LogP contribution in [0, 0.1) is 11.8 Å². The molecule has 0 fully saturated rings. The third-order valence-electron chi connectivity index (χ3n) is 4.41. The molecule has 0 amide bonds. The van der Waals surface area contributed by atoms with E-state index >= 15 is 0 Å². The van der Waals surface area contributed by atoms with Crippen molar-refractivity contribution in [1.29, 1.82) is 0 Å². The molecule has 2 aromatic carbocycles. The van der Waals surface area contributed by atoms with E-state index in [0.717, 1.165) is 37.0 Å². The van der Waals surface area contributed by atoms with E-state index in [9.17, 15) is 26.3 Å². The second kappa shape index (κ2) is 8.72. The topological polar surface area (TPSA) is 0 Å². The standard InChI is InChI=1S/C22H20F6/c1-3-4-5-6-7-16-8-10-17(11-9-16)15(2)18-12-19(21(23,24)25)14-20(13-18)22(26,27)28/h8-15H,3-5H2,1-2H3/t15-/m0/s1. The molecular weight excluding hydrogens is 378 g/mol. The highest BCUT2D eigenvalue weighted by Gasteiger charge is 2.37. The van der Waals surface area contributed by atoms with Gasteiger partial charge in [0.1, 0.15) is 0 Å². The Labute approximate surface area is 160 Å². The summed E-state index contributed by atoms with van der Waals surface area (Å²) in [4.78, 5) is 0. The van der Waals surface area contributed by atoms with Gasteiger partial charge in [0.25, 0.3) is 0 Å². The van der Waals surface area contributed by atoms with Crippen molar-refractivity contribution in [2.45, 2.75) is 51.4 Å². The molecule has 2 rings (SSSR count). The van der Waals surface area contributed by atoms with E-state index in [2.05, 4.69) is 18.8 Å². The van der Waals surface area contributed by atoms with Gasteiger partial charge in [0.05, 0.1) is 11.1 Å². The lowest BCUT2D eigenvalue weighted by Crippen LogP contribution is -2.12. The summed E-state index contributed by atoms with van der Waals surface area (Å²) in [5.74, 6) is 5.39. The molecule has 0 nitrogen and oxygen atoms in total. The quantitative estimate of drug-likeness (QED) is 0.286. The molecule has 0 radical (unpaired) electrons. The maximum absolute atomic E-state index is 13.0. The van der Waals surface area contributed by atoms with Crippen molar-refractivity contribution >= 4 is 0 Å². The Morgan fingerprint density at radius 1 is 0.821 bits per heavy atom. The lowest BCUT2D eigenvalue weighted by molar-refractivity contribution is -0.143. The van der Waals surface area contributed by atoms with Gasteiger partial charge in [-0.3, -0.25) is 0 Å². The lowest BCUT2D eigenvalue weighted by atomic mass is 9.90. The van der Waals surface area contributed by atoms with Crippen LogP contribution in [0.5, 0.6) is 0 Å². The molecule has 0 N–H and O–H groups in total. The van der Waals surface area contributed by atoms with Crippen LogP contribution in [0.1, 0.15) is 66.8 Å². The molecule has 0 heterocycles. The van der Waals surface area contributed by atoms with Gasteiger partial charge in [0.15, 0.2) is 0 Å². The number of alkyl halides is 6. The van der Waals surface area contributed by atoms with Gasteiger partial charge in [0.2, 0.25) is 0 Å². The molecule has 150 valence electrons. The van der Waals surface area contributed by atoms with Crippen LogP contribution in [0.3, 0.4) is 0 Å². The Morgan fingerprint density at radius 2 is 1.36 bits per heavy atom. The average molecular weight is 398 g/mol. The normalized spacial score (nSPS) is 13.0. The third kappa shape index (κ3) is 5.79. The number of unbranched alkanes of at least 4 members (excludes halogenated alkanes) is 2. The van der Waals surface area contributed by atoms with Crippen LogP contribution in [0.4, 0.5) is 26.3 Å². The molecule has 0 aliphatic carbocycles. The molecule has 28 heavy (non-hydrogen) atoms. The first-order valence-electron chi connectivity index (χ1n) is 8.90. The molecule has 0 aliphatic rings. The lowest BCUT2D eigenvalue weighted by Gasteiger charge is -2.18. The minimum absolute atomic E-state index is 0.0380. The van der Waals surface area contributed by atoms with E-state index in [0.29, 0.717) is 5.56 Å². The van der Waals surface area contributed by atoms with Crippen molar-refractivity contribution in [3.63, 3.8) is 0 Å². The van der Waals surface area contributed by atoms with Gasteiger partial charge in [-0.05, 0) is 47.9 Å². The minimum atomic E-state index is -4.85. The fourth-order valence-corrected chi connectivity index (χ4v) is 2.71. The van der Waals surface area contributed by atoms with Crippen LogP contribution in [-0.4, -0.2) is 0 Å².